The van der Waals surface area contributed by atoms with Crippen molar-refractivity contribution in [2.45, 2.75) is 38.6 Å². The molecule has 2 aromatic rings. The van der Waals surface area contributed by atoms with Gasteiger partial charge in [-0.1, -0.05) is 37.3 Å². The molecular formula is C19H21N3O. The molecule has 2 N–H and O–H groups in total. The number of nitrogens with zero attached hydrogens (tertiary/aromatic N) is 2. The minimum Gasteiger partial charge on any atom is -0.383 e. The molecule has 1 aliphatic heterocycles. The van der Waals surface area contributed by atoms with E-state index in [1.54, 1.807) is 6.20 Å². The lowest BCUT2D eigenvalue weighted by Crippen LogP contribution is -2.12. The summed E-state index contributed by atoms with van der Waals surface area (Å²) in [6.07, 6.45) is 3.56. The highest BCUT2D eigenvalue weighted by molar-refractivity contribution is 6.00. The van der Waals surface area contributed by atoms with Crippen molar-refractivity contribution in [3.63, 3.8) is 0 Å². The lowest BCUT2D eigenvalue weighted by Gasteiger charge is -2.11. The first kappa shape index (κ1) is 15.4. The zero-order chi connectivity index (χ0) is 16.2. The van der Waals surface area contributed by atoms with Gasteiger partial charge in [0, 0.05) is 30.3 Å². The van der Waals surface area contributed by atoms with E-state index in [2.05, 4.69) is 29.0 Å². The Morgan fingerprint density at radius 3 is 2.87 bits per heavy atom. The number of hydrogen-bond donors (Lipinski definition) is 1. The minimum atomic E-state index is 0.229. The highest BCUT2D eigenvalue weighted by atomic mass is 16.1. The quantitative estimate of drug-likeness (QED) is 0.892. The van der Waals surface area contributed by atoms with Gasteiger partial charge in [-0.2, -0.15) is 0 Å². The number of rotatable bonds is 6. The van der Waals surface area contributed by atoms with Crippen LogP contribution in [0.1, 0.15) is 48.1 Å². The van der Waals surface area contributed by atoms with E-state index in [0.29, 0.717) is 31.1 Å². The van der Waals surface area contributed by atoms with Gasteiger partial charge < -0.3 is 5.73 Å². The van der Waals surface area contributed by atoms with Crippen molar-refractivity contribution < 1.29 is 4.79 Å². The normalized spacial score (nSPS) is 14.2. The molecule has 3 rings (SSSR count). The van der Waals surface area contributed by atoms with Gasteiger partial charge in [-0.15, -0.1) is 0 Å². The van der Waals surface area contributed by atoms with Crippen LogP contribution in [0.4, 0.5) is 0 Å². The van der Waals surface area contributed by atoms with Gasteiger partial charge in [0.25, 0.3) is 0 Å². The standard InChI is InChI=1S/C19H21N3O/c1-13(14-5-3-2-4-6-14)7-8-17(23)10-16-9-15-11-22-19(20)18(15)12-21-16/h2-6,9,12-13H,7-8,10-11H2,1H3,(H2,20,22). The van der Waals surface area contributed by atoms with Gasteiger partial charge in [-0.05, 0) is 29.5 Å². The number of fused-ring (bicyclic) bond motifs is 1. The van der Waals surface area contributed by atoms with E-state index < -0.39 is 0 Å². The second kappa shape index (κ2) is 6.73. The fraction of sp³-hybridized carbons (Fsp3) is 0.316. The summed E-state index contributed by atoms with van der Waals surface area (Å²) in [6.45, 7) is 2.76. The van der Waals surface area contributed by atoms with Crippen molar-refractivity contribution in [3.05, 3.63) is 65.0 Å². The molecular weight excluding hydrogens is 286 g/mol. The molecule has 1 aromatic heterocycles. The highest BCUT2D eigenvalue weighted by Gasteiger charge is 2.15. The second-order valence-electron chi connectivity index (χ2n) is 6.10. The summed E-state index contributed by atoms with van der Waals surface area (Å²) in [5, 5.41) is 0. The zero-order valence-electron chi connectivity index (χ0n) is 13.3. The van der Waals surface area contributed by atoms with Gasteiger partial charge >= 0.3 is 0 Å². The summed E-state index contributed by atoms with van der Waals surface area (Å²) in [4.78, 5) is 20.8. The van der Waals surface area contributed by atoms with E-state index in [1.165, 1.54) is 5.56 Å². The zero-order valence-corrected chi connectivity index (χ0v) is 13.3. The van der Waals surface area contributed by atoms with Gasteiger partial charge in [0.15, 0.2) is 0 Å². The van der Waals surface area contributed by atoms with Crippen molar-refractivity contribution in [3.8, 4) is 0 Å². The Balaban J connectivity index is 1.54. The molecule has 2 heterocycles. The first-order chi connectivity index (χ1) is 11.1. The fourth-order valence-electron chi connectivity index (χ4n) is 2.88. The number of amidine groups is 1. The maximum Gasteiger partial charge on any atom is 0.138 e. The molecule has 1 unspecified atom stereocenters. The molecule has 4 nitrogen and oxygen atoms in total. The van der Waals surface area contributed by atoms with E-state index in [4.69, 9.17) is 5.73 Å². The van der Waals surface area contributed by atoms with E-state index in [1.807, 2.05) is 24.3 Å². The van der Waals surface area contributed by atoms with Crippen LogP contribution in [0.5, 0.6) is 0 Å². The molecule has 0 spiro atoms. The Hall–Kier alpha value is -2.49. The van der Waals surface area contributed by atoms with Crippen LogP contribution in [0.25, 0.3) is 0 Å². The second-order valence-corrected chi connectivity index (χ2v) is 6.10. The molecule has 0 amide bonds. The van der Waals surface area contributed by atoms with Crippen LogP contribution in [-0.2, 0) is 17.8 Å². The predicted molar refractivity (Wildman–Crippen MR) is 91.5 cm³/mol. The average Bonchev–Trinajstić information content (AvgIpc) is 2.94. The summed E-state index contributed by atoms with van der Waals surface area (Å²) in [7, 11) is 0. The number of pyridine rings is 1. The Morgan fingerprint density at radius 2 is 2.09 bits per heavy atom. The molecule has 1 aromatic carbocycles. The minimum absolute atomic E-state index is 0.229. The van der Waals surface area contributed by atoms with E-state index >= 15 is 0 Å². The molecule has 1 atom stereocenters. The highest BCUT2D eigenvalue weighted by Crippen LogP contribution is 2.21. The first-order valence-electron chi connectivity index (χ1n) is 7.98. The van der Waals surface area contributed by atoms with Crippen LogP contribution >= 0.6 is 0 Å². The van der Waals surface area contributed by atoms with Crippen LogP contribution in [-0.4, -0.2) is 16.6 Å². The Kier molecular flexibility index (Phi) is 4.51. The van der Waals surface area contributed by atoms with E-state index in [-0.39, 0.29) is 5.78 Å². The average molecular weight is 307 g/mol. The van der Waals surface area contributed by atoms with Gasteiger partial charge in [0.1, 0.15) is 11.6 Å². The molecule has 0 bridgehead atoms. The number of nitrogens with two attached hydrogens (primary N) is 1. The van der Waals surface area contributed by atoms with Gasteiger partial charge in [-0.25, -0.2) is 0 Å². The van der Waals surface area contributed by atoms with Gasteiger partial charge in [0.05, 0.1) is 6.54 Å². The SMILES string of the molecule is CC(CCC(=O)Cc1cc2c(cn1)C(N)=NC2)c1ccccc1. The number of benzene rings is 1. The van der Waals surface area contributed by atoms with Crippen molar-refractivity contribution >= 4 is 11.6 Å². The summed E-state index contributed by atoms with van der Waals surface area (Å²) >= 11 is 0. The molecule has 0 saturated carbocycles. The Bertz CT molecular complexity index is 738. The summed E-state index contributed by atoms with van der Waals surface area (Å²) < 4.78 is 0. The molecule has 1 aliphatic rings. The van der Waals surface area contributed by atoms with Crippen LogP contribution in [0, 0.1) is 0 Å². The number of carbonyl (C=O) groups excluding carboxylic acids is 1. The largest absolute Gasteiger partial charge is 0.383 e. The van der Waals surface area contributed by atoms with Gasteiger partial charge in [-0.3, -0.25) is 14.8 Å². The number of carbonyl (C=O) groups is 1. The topological polar surface area (TPSA) is 68.3 Å². The third-order valence-electron chi connectivity index (χ3n) is 4.35. The number of Topliss-reactive ketones (excluding diaryl/α,β-unsaturated/α-hetero) is 1. The number of aromatic nitrogens is 1. The van der Waals surface area contributed by atoms with Crippen LogP contribution < -0.4 is 5.73 Å². The lowest BCUT2D eigenvalue weighted by atomic mass is 9.94. The summed E-state index contributed by atoms with van der Waals surface area (Å²) in [5.74, 6) is 1.16. The maximum atomic E-state index is 12.2. The predicted octanol–water partition coefficient (Wildman–Crippen LogP) is 3.00. The molecule has 0 aliphatic carbocycles. The molecule has 4 heteroatoms. The van der Waals surface area contributed by atoms with Crippen LogP contribution in [0.3, 0.4) is 0 Å². The monoisotopic (exact) mass is 307 g/mol. The molecule has 23 heavy (non-hydrogen) atoms. The van der Waals surface area contributed by atoms with Crippen LogP contribution in [0.2, 0.25) is 0 Å². The molecule has 0 fully saturated rings. The van der Waals surface area contributed by atoms with Crippen LogP contribution in [0.15, 0.2) is 47.6 Å². The van der Waals surface area contributed by atoms with Gasteiger partial charge in [0.2, 0.25) is 0 Å². The molecule has 0 saturated heterocycles. The van der Waals surface area contributed by atoms with Crippen molar-refractivity contribution in [2.75, 3.05) is 0 Å². The number of ketones is 1. The number of hydrogen-bond acceptors (Lipinski definition) is 4. The lowest BCUT2D eigenvalue weighted by molar-refractivity contribution is -0.118. The van der Waals surface area contributed by atoms with Crippen molar-refractivity contribution in [2.24, 2.45) is 10.7 Å². The summed E-state index contributed by atoms with van der Waals surface area (Å²) in [5.41, 5.74) is 9.84. The van der Waals surface area contributed by atoms with Crippen molar-refractivity contribution in [1.29, 1.82) is 0 Å². The van der Waals surface area contributed by atoms with Crippen molar-refractivity contribution in [1.82, 2.24) is 4.98 Å². The maximum absolute atomic E-state index is 12.2. The Morgan fingerprint density at radius 1 is 1.30 bits per heavy atom. The van der Waals surface area contributed by atoms with E-state index in [0.717, 1.165) is 23.2 Å². The third kappa shape index (κ3) is 3.65. The fourth-order valence-corrected chi connectivity index (χ4v) is 2.88. The smallest absolute Gasteiger partial charge is 0.138 e. The number of aliphatic imine (C=N–C) groups is 1. The Labute approximate surface area is 136 Å². The third-order valence-corrected chi connectivity index (χ3v) is 4.35. The molecule has 118 valence electrons. The molecule has 0 radical (unpaired) electrons. The summed E-state index contributed by atoms with van der Waals surface area (Å²) in [6, 6.07) is 12.3. The van der Waals surface area contributed by atoms with E-state index in [9.17, 15) is 4.79 Å². The first-order valence-corrected chi connectivity index (χ1v) is 7.98.